The second kappa shape index (κ2) is 7.39. The largest absolute Gasteiger partial charge is 0.369 e. The highest BCUT2D eigenvalue weighted by Gasteiger charge is 2.12. The molecule has 0 aliphatic rings. The lowest BCUT2D eigenvalue weighted by Gasteiger charge is -2.12. The van der Waals surface area contributed by atoms with Gasteiger partial charge in [0.05, 0.1) is 10.2 Å². The van der Waals surface area contributed by atoms with Crippen molar-refractivity contribution in [2.24, 2.45) is 0 Å². The molecule has 0 atom stereocenters. The monoisotopic (exact) mass is 333 g/mol. The standard InChI is InChI=1S/C16H20BrN3/c1-3-8-13-14(17)16(18-11-4-2)20-15(19-13)12-9-6-5-7-10-12/h5-7,9-10H,3-4,8,11H2,1-2H3,(H,18,19,20). The lowest BCUT2D eigenvalue weighted by Crippen LogP contribution is -2.07. The van der Waals surface area contributed by atoms with E-state index < -0.39 is 0 Å². The number of anilines is 1. The molecule has 106 valence electrons. The molecule has 20 heavy (non-hydrogen) atoms. The summed E-state index contributed by atoms with van der Waals surface area (Å²) in [4.78, 5) is 9.36. The molecule has 1 aromatic carbocycles. The Hall–Kier alpha value is -1.42. The first-order valence-corrected chi connectivity index (χ1v) is 7.91. The van der Waals surface area contributed by atoms with Gasteiger partial charge in [-0.3, -0.25) is 0 Å². The van der Waals surface area contributed by atoms with Crippen molar-refractivity contribution in [2.75, 3.05) is 11.9 Å². The van der Waals surface area contributed by atoms with Gasteiger partial charge in [-0.2, -0.15) is 0 Å². The van der Waals surface area contributed by atoms with Crippen LogP contribution in [0.5, 0.6) is 0 Å². The van der Waals surface area contributed by atoms with Gasteiger partial charge in [0, 0.05) is 12.1 Å². The highest BCUT2D eigenvalue weighted by Crippen LogP contribution is 2.28. The number of hydrogen-bond acceptors (Lipinski definition) is 3. The van der Waals surface area contributed by atoms with Crippen molar-refractivity contribution in [3.05, 3.63) is 40.5 Å². The summed E-state index contributed by atoms with van der Waals surface area (Å²) in [5.74, 6) is 1.68. The average Bonchev–Trinajstić information content (AvgIpc) is 2.49. The predicted octanol–water partition coefficient (Wildman–Crippen LogP) is 4.68. The van der Waals surface area contributed by atoms with Gasteiger partial charge in [0.15, 0.2) is 5.82 Å². The second-order valence-electron chi connectivity index (χ2n) is 4.70. The van der Waals surface area contributed by atoms with Gasteiger partial charge < -0.3 is 5.32 Å². The van der Waals surface area contributed by atoms with E-state index in [1.807, 2.05) is 30.3 Å². The fourth-order valence-corrected chi connectivity index (χ4v) is 2.49. The molecule has 0 radical (unpaired) electrons. The van der Waals surface area contributed by atoms with Crippen LogP contribution in [0.25, 0.3) is 11.4 Å². The zero-order valence-electron chi connectivity index (χ0n) is 12.0. The molecule has 0 spiro atoms. The van der Waals surface area contributed by atoms with Crippen LogP contribution in [0.3, 0.4) is 0 Å². The molecular formula is C16H20BrN3. The van der Waals surface area contributed by atoms with E-state index in [9.17, 15) is 0 Å². The van der Waals surface area contributed by atoms with E-state index in [1.54, 1.807) is 0 Å². The Kier molecular flexibility index (Phi) is 5.53. The van der Waals surface area contributed by atoms with Crippen molar-refractivity contribution < 1.29 is 0 Å². The van der Waals surface area contributed by atoms with Crippen molar-refractivity contribution in [3.63, 3.8) is 0 Å². The number of aryl methyl sites for hydroxylation is 1. The lowest BCUT2D eigenvalue weighted by molar-refractivity contribution is 0.865. The van der Waals surface area contributed by atoms with E-state index in [2.05, 4.69) is 40.1 Å². The number of nitrogens with zero attached hydrogens (tertiary/aromatic N) is 2. The Balaban J connectivity index is 2.44. The summed E-state index contributed by atoms with van der Waals surface area (Å²) in [6, 6.07) is 10.1. The van der Waals surface area contributed by atoms with Crippen molar-refractivity contribution >= 4 is 21.7 Å². The van der Waals surface area contributed by atoms with Crippen LogP contribution in [0, 0.1) is 0 Å². The molecule has 1 N–H and O–H groups in total. The Morgan fingerprint density at radius 3 is 2.45 bits per heavy atom. The second-order valence-corrected chi connectivity index (χ2v) is 5.49. The molecule has 0 bridgehead atoms. The molecule has 4 heteroatoms. The molecule has 1 aromatic heterocycles. The SMILES string of the molecule is CCCNc1nc(-c2ccccc2)nc(CCC)c1Br. The molecule has 3 nitrogen and oxygen atoms in total. The van der Waals surface area contributed by atoms with Crippen LogP contribution in [0.2, 0.25) is 0 Å². The van der Waals surface area contributed by atoms with Gasteiger partial charge in [-0.1, -0.05) is 50.6 Å². The van der Waals surface area contributed by atoms with Crippen molar-refractivity contribution in [1.29, 1.82) is 0 Å². The van der Waals surface area contributed by atoms with E-state index in [0.29, 0.717) is 0 Å². The van der Waals surface area contributed by atoms with Gasteiger partial charge in [0.25, 0.3) is 0 Å². The van der Waals surface area contributed by atoms with Gasteiger partial charge in [0.2, 0.25) is 0 Å². The Bertz CT molecular complexity index is 555. The van der Waals surface area contributed by atoms with Crippen molar-refractivity contribution in [1.82, 2.24) is 9.97 Å². The van der Waals surface area contributed by atoms with Crippen molar-refractivity contribution in [3.8, 4) is 11.4 Å². The Morgan fingerprint density at radius 1 is 1.05 bits per heavy atom. The highest BCUT2D eigenvalue weighted by molar-refractivity contribution is 9.10. The van der Waals surface area contributed by atoms with Crippen LogP contribution in [-0.4, -0.2) is 16.5 Å². The van der Waals surface area contributed by atoms with Gasteiger partial charge in [-0.15, -0.1) is 0 Å². The minimum atomic E-state index is 0.788. The molecule has 0 fully saturated rings. The van der Waals surface area contributed by atoms with Crippen LogP contribution >= 0.6 is 15.9 Å². The summed E-state index contributed by atoms with van der Waals surface area (Å²) in [6.07, 6.45) is 3.08. The third kappa shape index (κ3) is 3.57. The van der Waals surface area contributed by atoms with Crippen LogP contribution in [0.15, 0.2) is 34.8 Å². The Morgan fingerprint density at radius 2 is 1.80 bits per heavy atom. The molecule has 0 aliphatic carbocycles. The van der Waals surface area contributed by atoms with Gasteiger partial charge in [-0.05, 0) is 28.8 Å². The molecular weight excluding hydrogens is 314 g/mol. The zero-order chi connectivity index (χ0) is 14.4. The van der Waals surface area contributed by atoms with Gasteiger partial charge in [-0.25, -0.2) is 9.97 Å². The first-order valence-electron chi connectivity index (χ1n) is 7.12. The quantitative estimate of drug-likeness (QED) is 0.833. The number of rotatable bonds is 6. The van der Waals surface area contributed by atoms with Crippen LogP contribution in [-0.2, 0) is 6.42 Å². The van der Waals surface area contributed by atoms with Crippen LogP contribution < -0.4 is 5.32 Å². The summed E-state index contributed by atoms with van der Waals surface area (Å²) in [7, 11) is 0. The maximum atomic E-state index is 4.70. The Labute approximate surface area is 129 Å². The van der Waals surface area contributed by atoms with E-state index in [4.69, 9.17) is 4.98 Å². The molecule has 0 aliphatic heterocycles. The third-order valence-corrected chi connectivity index (χ3v) is 3.81. The molecule has 0 amide bonds. The van der Waals surface area contributed by atoms with E-state index in [-0.39, 0.29) is 0 Å². The summed E-state index contributed by atoms with van der Waals surface area (Å²) in [6.45, 7) is 5.22. The van der Waals surface area contributed by atoms with Gasteiger partial charge in [0.1, 0.15) is 5.82 Å². The molecule has 0 saturated carbocycles. The fraction of sp³-hybridized carbons (Fsp3) is 0.375. The molecule has 1 heterocycles. The number of benzene rings is 1. The average molecular weight is 334 g/mol. The summed E-state index contributed by atoms with van der Waals surface area (Å²) >= 11 is 3.63. The number of halogens is 1. The summed E-state index contributed by atoms with van der Waals surface area (Å²) < 4.78 is 0.993. The summed E-state index contributed by atoms with van der Waals surface area (Å²) in [5, 5.41) is 3.37. The minimum Gasteiger partial charge on any atom is -0.369 e. The first-order chi connectivity index (χ1) is 9.76. The number of hydrogen-bond donors (Lipinski definition) is 1. The predicted molar refractivity (Wildman–Crippen MR) is 87.9 cm³/mol. The molecule has 0 unspecified atom stereocenters. The first kappa shape index (κ1) is 15.0. The normalized spacial score (nSPS) is 10.6. The molecule has 2 aromatic rings. The topological polar surface area (TPSA) is 37.8 Å². The van der Waals surface area contributed by atoms with Gasteiger partial charge >= 0.3 is 0 Å². The minimum absolute atomic E-state index is 0.788. The number of aromatic nitrogens is 2. The van der Waals surface area contributed by atoms with Crippen LogP contribution in [0.4, 0.5) is 5.82 Å². The highest BCUT2D eigenvalue weighted by atomic mass is 79.9. The third-order valence-electron chi connectivity index (χ3n) is 2.98. The lowest BCUT2D eigenvalue weighted by atomic mass is 10.2. The van der Waals surface area contributed by atoms with E-state index >= 15 is 0 Å². The van der Waals surface area contributed by atoms with Crippen molar-refractivity contribution in [2.45, 2.75) is 33.1 Å². The zero-order valence-corrected chi connectivity index (χ0v) is 13.6. The number of nitrogens with one attached hydrogen (secondary N) is 1. The molecule has 2 rings (SSSR count). The van der Waals surface area contributed by atoms with Crippen LogP contribution in [0.1, 0.15) is 32.4 Å². The summed E-state index contributed by atoms with van der Waals surface area (Å²) in [5.41, 5.74) is 2.12. The smallest absolute Gasteiger partial charge is 0.161 e. The van der Waals surface area contributed by atoms with E-state index in [0.717, 1.165) is 53.2 Å². The maximum Gasteiger partial charge on any atom is 0.161 e. The fourth-order valence-electron chi connectivity index (χ4n) is 1.97. The molecule has 0 saturated heterocycles. The maximum absolute atomic E-state index is 4.70. The van der Waals surface area contributed by atoms with E-state index in [1.165, 1.54) is 0 Å².